The van der Waals surface area contributed by atoms with Gasteiger partial charge in [0.2, 0.25) is 0 Å². The van der Waals surface area contributed by atoms with E-state index < -0.39 is 0 Å². The van der Waals surface area contributed by atoms with E-state index in [2.05, 4.69) is 40.2 Å². The van der Waals surface area contributed by atoms with Gasteiger partial charge in [-0.2, -0.15) is 0 Å². The van der Waals surface area contributed by atoms with Crippen LogP contribution in [0.25, 0.3) is 21.9 Å². The number of rotatable bonds is 5. The van der Waals surface area contributed by atoms with Gasteiger partial charge in [-0.1, -0.05) is 18.2 Å². The van der Waals surface area contributed by atoms with Crippen molar-refractivity contribution in [2.24, 2.45) is 13.0 Å². The van der Waals surface area contributed by atoms with E-state index >= 15 is 0 Å². The molecule has 1 aliphatic carbocycles. The van der Waals surface area contributed by atoms with Crippen LogP contribution in [0.1, 0.15) is 36.2 Å². The average molecular weight is 351 g/mol. The van der Waals surface area contributed by atoms with E-state index in [0.29, 0.717) is 6.54 Å². The van der Waals surface area contributed by atoms with E-state index in [-0.39, 0.29) is 12.0 Å². The van der Waals surface area contributed by atoms with Crippen LogP contribution in [0.5, 0.6) is 0 Å². The molecule has 3 heterocycles. The molecule has 1 amide bonds. The minimum Gasteiger partial charge on any atom is -0.376 e. The molecule has 0 radical (unpaired) electrons. The number of para-hydroxylation sites is 1. The topological polar surface area (TPSA) is 48.2 Å². The van der Waals surface area contributed by atoms with Gasteiger partial charge in [-0.05, 0) is 43.7 Å². The van der Waals surface area contributed by atoms with Crippen LogP contribution in [-0.2, 0) is 18.3 Å². The first-order valence-corrected chi connectivity index (χ1v) is 9.69. The average Bonchev–Trinajstić information content (AvgIpc) is 3.07. The van der Waals surface area contributed by atoms with E-state index in [1.165, 1.54) is 29.3 Å². The van der Waals surface area contributed by atoms with Crippen molar-refractivity contribution < 1.29 is 9.53 Å². The third kappa shape index (κ3) is 2.62. The maximum absolute atomic E-state index is 12.8. The van der Waals surface area contributed by atoms with Crippen LogP contribution in [-0.4, -0.2) is 34.3 Å². The number of aromatic nitrogens is 2. The summed E-state index contributed by atoms with van der Waals surface area (Å²) in [5, 5.41) is 4.28. The second kappa shape index (κ2) is 6.16. The van der Waals surface area contributed by atoms with Crippen LogP contribution < -0.4 is 5.32 Å². The number of hydrogen-bond acceptors (Lipinski definition) is 2. The molecule has 5 nitrogen and oxygen atoms in total. The van der Waals surface area contributed by atoms with E-state index in [4.69, 9.17) is 4.74 Å². The van der Waals surface area contributed by atoms with E-state index in [1.807, 2.05) is 11.6 Å². The summed E-state index contributed by atoms with van der Waals surface area (Å²) >= 11 is 0. The first kappa shape index (κ1) is 15.9. The van der Waals surface area contributed by atoms with Gasteiger partial charge in [0, 0.05) is 32.1 Å². The largest absolute Gasteiger partial charge is 0.376 e. The predicted molar refractivity (Wildman–Crippen MR) is 102 cm³/mol. The molecule has 26 heavy (non-hydrogen) atoms. The number of nitrogens with one attached hydrogen (secondary N) is 1. The summed E-state index contributed by atoms with van der Waals surface area (Å²) in [6.07, 6.45) is 4.92. The molecule has 0 bridgehead atoms. The summed E-state index contributed by atoms with van der Waals surface area (Å²) in [6, 6.07) is 10.6. The van der Waals surface area contributed by atoms with Gasteiger partial charge in [0.25, 0.3) is 5.91 Å². The highest BCUT2D eigenvalue weighted by Crippen LogP contribution is 2.36. The summed E-state index contributed by atoms with van der Waals surface area (Å²) in [6.45, 7) is 2.45. The number of fused-ring (bicyclic) bond motifs is 3. The van der Waals surface area contributed by atoms with Crippen LogP contribution in [0, 0.1) is 5.92 Å². The summed E-state index contributed by atoms with van der Waals surface area (Å²) in [5.41, 5.74) is 4.32. The fraction of sp³-hybridized carbons (Fsp3) is 0.476. The predicted octanol–water partition coefficient (Wildman–Crippen LogP) is 3.45. The normalized spacial score (nSPS) is 20.3. The molecule has 2 aromatic heterocycles. The van der Waals surface area contributed by atoms with Crippen LogP contribution in [0.3, 0.4) is 0 Å². The highest BCUT2D eigenvalue weighted by Gasteiger charge is 2.26. The van der Waals surface area contributed by atoms with Crippen LogP contribution in [0.2, 0.25) is 0 Å². The molecule has 5 rings (SSSR count). The van der Waals surface area contributed by atoms with Gasteiger partial charge in [-0.3, -0.25) is 4.79 Å². The Bertz CT molecular complexity index is 974. The Morgan fingerprint density at radius 3 is 2.85 bits per heavy atom. The molecule has 1 atom stereocenters. The third-order valence-corrected chi connectivity index (χ3v) is 5.84. The molecule has 0 spiro atoms. The van der Waals surface area contributed by atoms with Crippen molar-refractivity contribution in [2.45, 2.75) is 38.3 Å². The Hall–Kier alpha value is -2.27. The Balaban J connectivity index is 1.52. The molecule has 1 saturated carbocycles. The van der Waals surface area contributed by atoms with Crippen molar-refractivity contribution in [3.05, 3.63) is 36.0 Å². The zero-order valence-electron chi connectivity index (χ0n) is 15.2. The minimum atomic E-state index is -0.0127. The lowest BCUT2D eigenvalue weighted by Gasteiger charge is -2.11. The third-order valence-electron chi connectivity index (χ3n) is 5.84. The SMILES string of the molecule is Cn1c(C(=O)NC[C@H]2CCCO2)cc2c1c1ccccc1n2CC1CC1. The molecular formula is C21H25N3O2. The van der Waals surface area contributed by atoms with E-state index in [1.54, 1.807) is 0 Å². The molecule has 1 aliphatic heterocycles. The fourth-order valence-electron chi connectivity index (χ4n) is 4.23. The number of carbonyl (C=O) groups excluding carboxylic acids is 1. The van der Waals surface area contributed by atoms with Crippen molar-refractivity contribution in [1.29, 1.82) is 0 Å². The van der Waals surface area contributed by atoms with E-state index in [9.17, 15) is 4.79 Å². The smallest absolute Gasteiger partial charge is 0.268 e. The minimum absolute atomic E-state index is 0.0127. The summed E-state index contributed by atoms with van der Waals surface area (Å²) < 4.78 is 10.1. The van der Waals surface area contributed by atoms with Gasteiger partial charge in [0.05, 0.1) is 22.7 Å². The van der Waals surface area contributed by atoms with Gasteiger partial charge in [0.1, 0.15) is 5.69 Å². The Labute approximate surface area is 152 Å². The lowest BCUT2D eigenvalue weighted by molar-refractivity contribution is 0.0851. The molecule has 2 fully saturated rings. The highest BCUT2D eigenvalue weighted by atomic mass is 16.5. The van der Waals surface area contributed by atoms with Gasteiger partial charge in [0.15, 0.2) is 0 Å². The van der Waals surface area contributed by atoms with Crippen molar-refractivity contribution >= 4 is 27.8 Å². The van der Waals surface area contributed by atoms with Crippen molar-refractivity contribution in [3.63, 3.8) is 0 Å². The van der Waals surface area contributed by atoms with E-state index in [0.717, 1.165) is 43.1 Å². The van der Waals surface area contributed by atoms with Gasteiger partial charge >= 0.3 is 0 Å². The lowest BCUT2D eigenvalue weighted by Crippen LogP contribution is -2.32. The number of aryl methyl sites for hydroxylation is 1. The maximum atomic E-state index is 12.8. The molecule has 136 valence electrons. The number of benzene rings is 1. The van der Waals surface area contributed by atoms with Crippen molar-refractivity contribution in [3.8, 4) is 0 Å². The quantitative estimate of drug-likeness (QED) is 0.765. The van der Waals surface area contributed by atoms with Crippen molar-refractivity contribution in [2.75, 3.05) is 13.2 Å². The first-order valence-electron chi connectivity index (χ1n) is 9.69. The molecule has 5 heteroatoms. The summed E-state index contributed by atoms with van der Waals surface area (Å²) in [7, 11) is 2.00. The molecule has 1 N–H and O–H groups in total. The Morgan fingerprint density at radius 2 is 2.08 bits per heavy atom. The molecule has 2 aliphatic rings. The number of nitrogens with zero attached hydrogens (tertiary/aromatic N) is 2. The second-order valence-electron chi connectivity index (χ2n) is 7.74. The van der Waals surface area contributed by atoms with Crippen LogP contribution in [0.4, 0.5) is 0 Å². The Morgan fingerprint density at radius 1 is 1.23 bits per heavy atom. The number of hydrogen-bond donors (Lipinski definition) is 1. The van der Waals surface area contributed by atoms with Crippen molar-refractivity contribution in [1.82, 2.24) is 14.5 Å². The zero-order valence-corrected chi connectivity index (χ0v) is 15.2. The highest BCUT2D eigenvalue weighted by molar-refractivity contribution is 6.10. The lowest BCUT2D eigenvalue weighted by atomic mass is 10.2. The summed E-state index contributed by atoms with van der Waals surface area (Å²) in [4.78, 5) is 12.8. The molecule has 3 aromatic rings. The standard InChI is InChI=1S/C21H25N3O2/c1-23-19(21(25)22-12-15-5-4-10-26-15)11-18-20(23)16-6-2-3-7-17(16)24(18)13-14-8-9-14/h2-3,6-7,11,14-15H,4-5,8-10,12-13H2,1H3,(H,22,25)/t15-/m1/s1. The number of carbonyl (C=O) groups is 1. The monoisotopic (exact) mass is 351 g/mol. The number of ether oxygens (including phenoxy) is 1. The molecule has 1 aromatic carbocycles. The Kier molecular flexibility index (Phi) is 3.78. The fourth-order valence-corrected chi connectivity index (χ4v) is 4.23. The molecule has 0 unspecified atom stereocenters. The zero-order chi connectivity index (χ0) is 17.7. The summed E-state index contributed by atoms with van der Waals surface area (Å²) in [5.74, 6) is 0.771. The van der Waals surface area contributed by atoms with Crippen LogP contribution >= 0.6 is 0 Å². The van der Waals surface area contributed by atoms with Crippen LogP contribution in [0.15, 0.2) is 30.3 Å². The van der Waals surface area contributed by atoms with Gasteiger partial charge < -0.3 is 19.2 Å². The van der Waals surface area contributed by atoms with Gasteiger partial charge in [-0.15, -0.1) is 0 Å². The van der Waals surface area contributed by atoms with Gasteiger partial charge in [-0.25, -0.2) is 0 Å². The number of amides is 1. The molecular weight excluding hydrogens is 326 g/mol. The second-order valence-corrected chi connectivity index (χ2v) is 7.74. The maximum Gasteiger partial charge on any atom is 0.268 e. The first-order chi connectivity index (χ1) is 12.7. The molecule has 1 saturated heterocycles.